The second-order valence-electron chi connectivity index (χ2n) is 9.80. The Morgan fingerprint density at radius 2 is 1.76 bits per heavy atom. The number of phenols is 1. The molecule has 2 aromatic carbocycles. The summed E-state index contributed by atoms with van der Waals surface area (Å²) in [4.78, 5) is 13.4. The van der Waals surface area contributed by atoms with Crippen molar-refractivity contribution >= 4 is 11.9 Å². The Balaban J connectivity index is 1.76. The van der Waals surface area contributed by atoms with E-state index in [1.54, 1.807) is 25.3 Å². The quantitative estimate of drug-likeness (QED) is 0.674. The predicted molar refractivity (Wildman–Crippen MR) is 121 cm³/mol. The number of aliphatic hydroxyl groups excluding tert-OH is 1. The average Bonchev–Trinajstić information content (AvgIpc) is 3.40. The fourth-order valence-electron chi connectivity index (χ4n) is 4.67. The van der Waals surface area contributed by atoms with Crippen LogP contribution in [0.15, 0.2) is 36.4 Å². The number of methoxy groups -OCH3 is 1. The molecule has 0 radical (unpaired) electrons. The highest BCUT2D eigenvalue weighted by atomic mass is 16.6. The monoisotopic (exact) mass is 452 g/mol. The molecular weight excluding hydrogens is 424 g/mol. The van der Waals surface area contributed by atoms with E-state index in [9.17, 15) is 15.0 Å². The van der Waals surface area contributed by atoms with Gasteiger partial charge in [-0.2, -0.15) is 0 Å². The lowest BCUT2D eigenvalue weighted by Gasteiger charge is -2.37. The number of carbonyl (C=O) groups is 1. The highest BCUT2D eigenvalue weighted by Gasteiger charge is 2.56. The van der Waals surface area contributed by atoms with Crippen LogP contribution in [0.5, 0.6) is 17.2 Å². The summed E-state index contributed by atoms with van der Waals surface area (Å²) in [6.45, 7) is 7.70. The molecule has 33 heavy (non-hydrogen) atoms. The van der Waals surface area contributed by atoms with Crippen LogP contribution in [-0.4, -0.2) is 46.5 Å². The molecule has 0 bridgehead atoms. The first-order valence-corrected chi connectivity index (χ1v) is 11.0. The van der Waals surface area contributed by atoms with Crippen LogP contribution in [0.2, 0.25) is 0 Å². The van der Waals surface area contributed by atoms with Crippen molar-refractivity contribution in [3.8, 4) is 17.2 Å². The van der Waals surface area contributed by atoms with Crippen LogP contribution < -0.4 is 9.47 Å². The van der Waals surface area contributed by atoms with Gasteiger partial charge in [-0.3, -0.25) is 4.79 Å². The molecule has 0 aliphatic carbocycles. The molecule has 2 aromatic rings. The lowest BCUT2D eigenvalue weighted by Crippen LogP contribution is -2.38. The van der Waals surface area contributed by atoms with Crippen LogP contribution in [0, 0.1) is 0 Å². The minimum atomic E-state index is -1.48. The van der Waals surface area contributed by atoms with Crippen molar-refractivity contribution in [3.05, 3.63) is 58.7 Å². The van der Waals surface area contributed by atoms with E-state index in [0.29, 0.717) is 22.4 Å². The first-order chi connectivity index (χ1) is 15.6. The highest BCUT2D eigenvalue weighted by molar-refractivity contribution is 6.07. The zero-order valence-electron chi connectivity index (χ0n) is 19.3. The molecule has 1 saturated heterocycles. The highest BCUT2D eigenvalue weighted by Crippen LogP contribution is 2.57. The first kappa shape index (κ1) is 21.9. The summed E-state index contributed by atoms with van der Waals surface area (Å²) in [7, 11) is 1.56. The Morgan fingerprint density at radius 3 is 2.36 bits per heavy atom. The standard InChI is InChI=1S/C26H28O7/c1-25(2)12-11-14-17(27)15-18(28)19(29)20(13-9-7-6-8-10-13)31-22(15)16(21(14)32-25)23(30-5)24-26(3,4)33-24/h6-12,19-20,23-24,27,29H,1-5H3/t19-,20+,23?,24?/m0/s1. The molecule has 174 valence electrons. The van der Waals surface area contributed by atoms with Crippen LogP contribution in [0.25, 0.3) is 6.08 Å². The lowest BCUT2D eigenvalue weighted by atomic mass is 9.85. The number of hydrogen-bond acceptors (Lipinski definition) is 7. The Bertz CT molecular complexity index is 1150. The number of aliphatic hydroxyl groups is 1. The van der Waals surface area contributed by atoms with E-state index in [1.165, 1.54) is 0 Å². The minimum Gasteiger partial charge on any atom is -0.506 e. The number of rotatable bonds is 4. The van der Waals surface area contributed by atoms with E-state index < -0.39 is 35.3 Å². The van der Waals surface area contributed by atoms with Crippen molar-refractivity contribution in [2.24, 2.45) is 0 Å². The number of carbonyl (C=O) groups excluding carboxylic acids is 1. The molecule has 2 N–H and O–H groups in total. The van der Waals surface area contributed by atoms with Crippen LogP contribution >= 0.6 is 0 Å². The molecule has 0 saturated carbocycles. The molecule has 3 heterocycles. The molecule has 0 aromatic heterocycles. The van der Waals surface area contributed by atoms with Crippen molar-refractivity contribution in [3.63, 3.8) is 0 Å². The van der Waals surface area contributed by atoms with E-state index in [0.717, 1.165) is 0 Å². The average molecular weight is 453 g/mol. The van der Waals surface area contributed by atoms with Gasteiger partial charge in [0.15, 0.2) is 12.2 Å². The summed E-state index contributed by atoms with van der Waals surface area (Å²) in [5.41, 5.74) is 0.329. The first-order valence-electron chi connectivity index (χ1n) is 11.0. The molecule has 4 atom stereocenters. The molecular formula is C26H28O7. The van der Waals surface area contributed by atoms with Gasteiger partial charge in [0.2, 0.25) is 5.78 Å². The van der Waals surface area contributed by atoms with Crippen LogP contribution in [0.4, 0.5) is 0 Å². The van der Waals surface area contributed by atoms with E-state index in [4.69, 9.17) is 18.9 Å². The Hall–Kier alpha value is -2.87. The van der Waals surface area contributed by atoms with E-state index in [-0.39, 0.29) is 23.2 Å². The Kier molecular flexibility index (Phi) is 4.87. The maximum Gasteiger partial charge on any atom is 0.202 e. The molecule has 7 heteroatoms. The van der Waals surface area contributed by atoms with Gasteiger partial charge < -0.3 is 29.2 Å². The summed E-state index contributed by atoms with van der Waals surface area (Å²) in [5, 5.41) is 22.0. The van der Waals surface area contributed by atoms with Crippen molar-refractivity contribution in [2.45, 2.75) is 63.3 Å². The van der Waals surface area contributed by atoms with Gasteiger partial charge in [0.05, 0.1) is 16.7 Å². The number of epoxide rings is 1. The topological polar surface area (TPSA) is 97.8 Å². The molecule has 0 spiro atoms. The summed E-state index contributed by atoms with van der Waals surface area (Å²) in [6, 6.07) is 9.04. The maximum absolute atomic E-state index is 13.4. The van der Waals surface area contributed by atoms with E-state index in [1.807, 2.05) is 52.0 Å². The Labute approximate surface area is 192 Å². The molecule has 3 aliphatic rings. The Morgan fingerprint density at radius 1 is 1.09 bits per heavy atom. The third-order valence-corrected chi connectivity index (χ3v) is 6.52. The number of ketones is 1. The molecule has 1 fully saturated rings. The van der Waals surface area contributed by atoms with Crippen LogP contribution in [-0.2, 0) is 9.47 Å². The fraction of sp³-hybridized carbons (Fsp3) is 0.423. The number of ether oxygens (including phenoxy) is 4. The zero-order chi connectivity index (χ0) is 23.7. The third-order valence-electron chi connectivity index (χ3n) is 6.52. The van der Waals surface area contributed by atoms with E-state index >= 15 is 0 Å². The van der Waals surface area contributed by atoms with Crippen molar-refractivity contribution in [2.75, 3.05) is 7.11 Å². The van der Waals surface area contributed by atoms with E-state index in [2.05, 4.69) is 0 Å². The second-order valence-corrected chi connectivity index (χ2v) is 9.80. The van der Waals surface area contributed by atoms with Crippen molar-refractivity contribution in [1.29, 1.82) is 0 Å². The van der Waals surface area contributed by atoms with Gasteiger partial charge in [-0.1, -0.05) is 30.3 Å². The van der Waals surface area contributed by atoms with Gasteiger partial charge in [0, 0.05) is 7.11 Å². The summed E-state index contributed by atoms with van der Waals surface area (Å²) >= 11 is 0. The molecule has 2 unspecified atom stereocenters. The van der Waals surface area contributed by atoms with Crippen LogP contribution in [0.3, 0.4) is 0 Å². The summed E-state index contributed by atoms with van der Waals surface area (Å²) in [6.07, 6.45) is 0.189. The van der Waals surface area contributed by atoms with Crippen molar-refractivity contribution in [1.82, 2.24) is 0 Å². The zero-order valence-corrected chi connectivity index (χ0v) is 19.3. The molecule has 5 rings (SSSR count). The molecule has 0 amide bonds. The number of Topliss-reactive ketones (excluding diaryl/α,β-unsaturated/α-hetero) is 1. The molecule has 7 nitrogen and oxygen atoms in total. The normalized spacial score (nSPS) is 27.1. The predicted octanol–water partition coefficient (Wildman–Crippen LogP) is 4.12. The fourth-order valence-corrected chi connectivity index (χ4v) is 4.67. The van der Waals surface area contributed by atoms with Crippen molar-refractivity contribution < 1.29 is 34.0 Å². The number of aromatic hydroxyl groups is 1. The lowest BCUT2D eigenvalue weighted by molar-refractivity contribution is 0.0160. The van der Waals surface area contributed by atoms with Gasteiger partial charge in [-0.15, -0.1) is 0 Å². The van der Waals surface area contributed by atoms with Gasteiger partial charge in [-0.05, 0) is 45.4 Å². The summed E-state index contributed by atoms with van der Waals surface area (Å²) in [5.74, 6) is -0.361. The number of fused-ring (bicyclic) bond motifs is 2. The third kappa shape index (κ3) is 3.42. The van der Waals surface area contributed by atoms with Gasteiger partial charge in [-0.25, -0.2) is 0 Å². The number of phenolic OH excluding ortho intramolecular Hbond substituents is 1. The maximum atomic E-state index is 13.4. The van der Waals surface area contributed by atoms with Gasteiger partial charge in [0.1, 0.15) is 40.6 Å². The minimum absolute atomic E-state index is 0.0723. The largest absolute Gasteiger partial charge is 0.506 e. The SMILES string of the molecule is COC(c1c2c(c(O)c3c1O[C@H](c1ccccc1)[C@@H](O)C3=O)C=CC(C)(C)O2)C1OC1(C)C. The second kappa shape index (κ2) is 7.32. The number of benzene rings is 2. The van der Waals surface area contributed by atoms with Crippen LogP contribution in [0.1, 0.15) is 67.0 Å². The van der Waals surface area contributed by atoms with Gasteiger partial charge in [0.25, 0.3) is 0 Å². The smallest absolute Gasteiger partial charge is 0.202 e. The number of hydrogen-bond donors (Lipinski definition) is 2. The summed E-state index contributed by atoms with van der Waals surface area (Å²) < 4.78 is 24.4. The molecule has 3 aliphatic heterocycles. The van der Waals surface area contributed by atoms with Gasteiger partial charge >= 0.3 is 0 Å².